The van der Waals surface area contributed by atoms with Crippen molar-refractivity contribution in [2.24, 2.45) is 11.8 Å². The van der Waals surface area contributed by atoms with Crippen molar-refractivity contribution in [1.82, 2.24) is 9.88 Å². The Morgan fingerprint density at radius 1 is 1.21 bits per heavy atom. The number of aliphatic hydroxyl groups is 1. The molecular formula is C27H29N3O3. The van der Waals surface area contributed by atoms with Crippen LogP contribution in [0.15, 0.2) is 54.1 Å². The van der Waals surface area contributed by atoms with Gasteiger partial charge in [0, 0.05) is 41.8 Å². The predicted molar refractivity (Wildman–Crippen MR) is 129 cm³/mol. The number of piperidine rings is 1. The fraction of sp³-hybridized carbons (Fsp3) is 0.407. The van der Waals surface area contributed by atoms with Crippen LogP contribution in [0.3, 0.4) is 0 Å². The van der Waals surface area contributed by atoms with Crippen molar-refractivity contribution in [3.63, 3.8) is 0 Å². The predicted octanol–water partition coefficient (Wildman–Crippen LogP) is 5.02. The number of rotatable bonds is 2. The lowest BCUT2D eigenvalue weighted by molar-refractivity contribution is -0.384. The van der Waals surface area contributed by atoms with Crippen molar-refractivity contribution in [3.8, 4) is 0 Å². The summed E-state index contributed by atoms with van der Waals surface area (Å²) < 4.78 is 0. The molecular weight excluding hydrogens is 414 g/mol. The average molecular weight is 444 g/mol. The molecule has 3 aromatic rings. The fourth-order valence-corrected chi connectivity index (χ4v) is 6.66. The van der Waals surface area contributed by atoms with Gasteiger partial charge in [-0.3, -0.25) is 15.0 Å². The maximum absolute atomic E-state index is 11.3. The number of aliphatic hydroxyl groups excluding tert-OH is 1. The van der Waals surface area contributed by atoms with E-state index in [1.165, 1.54) is 11.3 Å². The van der Waals surface area contributed by atoms with Crippen LogP contribution in [-0.2, 0) is 12.0 Å². The Bertz CT molecular complexity index is 1260. The zero-order chi connectivity index (χ0) is 22.7. The van der Waals surface area contributed by atoms with Crippen molar-refractivity contribution >= 4 is 22.7 Å². The number of nitrogens with zero attached hydrogens (tertiary/aromatic N) is 2. The Kier molecular flexibility index (Phi) is 4.71. The van der Waals surface area contributed by atoms with Gasteiger partial charge in [-0.15, -0.1) is 0 Å². The fourth-order valence-electron chi connectivity index (χ4n) is 6.66. The van der Waals surface area contributed by atoms with E-state index in [1.807, 2.05) is 24.3 Å². The molecule has 0 amide bonds. The summed E-state index contributed by atoms with van der Waals surface area (Å²) in [5.41, 5.74) is 5.74. The summed E-state index contributed by atoms with van der Waals surface area (Å²) in [7, 11) is 0. The third-order valence-electron chi connectivity index (χ3n) is 8.35. The number of benzene rings is 2. The van der Waals surface area contributed by atoms with E-state index in [-0.39, 0.29) is 16.1 Å². The minimum atomic E-state index is -0.393. The molecule has 4 atom stereocenters. The van der Waals surface area contributed by atoms with Gasteiger partial charge in [-0.2, -0.15) is 0 Å². The first-order valence-electron chi connectivity index (χ1n) is 11.9. The number of fused-ring (bicyclic) bond motifs is 6. The maximum atomic E-state index is 11.3. The van der Waals surface area contributed by atoms with E-state index in [4.69, 9.17) is 0 Å². The van der Waals surface area contributed by atoms with Crippen LogP contribution in [0.4, 0.5) is 5.69 Å². The molecule has 6 rings (SSSR count). The van der Waals surface area contributed by atoms with Gasteiger partial charge in [0.1, 0.15) is 0 Å². The lowest BCUT2D eigenvalue weighted by Gasteiger charge is -2.55. The van der Waals surface area contributed by atoms with Crippen LogP contribution in [0.5, 0.6) is 0 Å². The summed E-state index contributed by atoms with van der Waals surface area (Å²) in [6.07, 6.45) is 5.42. The molecule has 1 aliphatic carbocycles. The van der Waals surface area contributed by atoms with E-state index in [0.717, 1.165) is 60.8 Å². The number of hydrogen-bond donors (Lipinski definition) is 2. The van der Waals surface area contributed by atoms with Crippen molar-refractivity contribution in [3.05, 3.63) is 81.0 Å². The zero-order valence-electron chi connectivity index (χ0n) is 18.8. The van der Waals surface area contributed by atoms with Crippen LogP contribution in [0.2, 0.25) is 0 Å². The number of nitrogens with one attached hydrogen (secondary N) is 1. The van der Waals surface area contributed by atoms with Crippen LogP contribution in [-0.4, -0.2) is 39.1 Å². The monoisotopic (exact) mass is 443 g/mol. The number of hydrogen-bond acceptors (Lipinski definition) is 4. The molecule has 6 nitrogen and oxygen atoms in total. The molecule has 2 aromatic carbocycles. The van der Waals surface area contributed by atoms with Crippen LogP contribution < -0.4 is 0 Å². The van der Waals surface area contributed by atoms with Gasteiger partial charge in [0.05, 0.1) is 16.6 Å². The molecule has 6 heteroatoms. The first kappa shape index (κ1) is 20.6. The number of H-pyrrole nitrogens is 1. The molecule has 170 valence electrons. The SMILES string of the molecule is C[C@@]12CC3C[C@H](O)C(=Cc4ccccc4)CC3CN1CCc1c2[nH]c2ccc([N+](=O)[O-])cc12. The quantitative estimate of drug-likeness (QED) is 0.430. The third-order valence-corrected chi connectivity index (χ3v) is 8.35. The highest BCUT2D eigenvalue weighted by Crippen LogP contribution is 2.51. The summed E-state index contributed by atoms with van der Waals surface area (Å²) >= 11 is 0. The van der Waals surface area contributed by atoms with Gasteiger partial charge < -0.3 is 10.1 Å². The van der Waals surface area contributed by atoms with E-state index < -0.39 is 6.10 Å². The molecule has 3 heterocycles. The van der Waals surface area contributed by atoms with Crippen LogP contribution in [0.25, 0.3) is 17.0 Å². The lowest BCUT2D eigenvalue weighted by Crippen LogP contribution is -2.57. The minimum absolute atomic E-state index is 0.136. The molecule has 2 unspecified atom stereocenters. The van der Waals surface area contributed by atoms with Crippen LogP contribution in [0, 0.1) is 22.0 Å². The summed E-state index contributed by atoms with van der Waals surface area (Å²) in [5.74, 6) is 1.00. The highest BCUT2D eigenvalue weighted by Gasteiger charge is 2.50. The van der Waals surface area contributed by atoms with Crippen molar-refractivity contribution in [2.45, 2.75) is 44.2 Å². The number of aromatic nitrogens is 1. The number of nitro groups is 1. The Labute approximate surface area is 193 Å². The standard InChI is InChI=1S/C27H29N3O3/c1-27-15-19-13-25(31)18(11-17-5-3-2-4-6-17)12-20(19)16-29(27)10-9-22-23-14-21(30(32)33)7-8-24(23)28-26(22)27/h2-8,11,14,19-20,25,28,31H,9-10,12-13,15-16H2,1H3/t19?,20?,25-,27-/m0/s1. The average Bonchev–Trinajstić information content (AvgIpc) is 3.18. The Hall–Kier alpha value is -2.96. The van der Waals surface area contributed by atoms with E-state index >= 15 is 0 Å². The highest BCUT2D eigenvalue weighted by atomic mass is 16.6. The van der Waals surface area contributed by atoms with Gasteiger partial charge in [-0.25, -0.2) is 0 Å². The second kappa shape index (κ2) is 7.54. The van der Waals surface area contributed by atoms with Gasteiger partial charge in [0.15, 0.2) is 0 Å². The largest absolute Gasteiger partial charge is 0.389 e. The minimum Gasteiger partial charge on any atom is -0.389 e. The molecule has 0 bridgehead atoms. The summed E-state index contributed by atoms with van der Waals surface area (Å²) in [5, 5.41) is 23.3. The highest BCUT2D eigenvalue weighted by molar-refractivity contribution is 5.87. The Morgan fingerprint density at radius 2 is 2.03 bits per heavy atom. The van der Waals surface area contributed by atoms with E-state index in [2.05, 4.69) is 35.0 Å². The zero-order valence-corrected chi connectivity index (χ0v) is 18.8. The van der Waals surface area contributed by atoms with E-state index in [0.29, 0.717) is 11.8 Å². The molecule has 0 radical (unpaired) electrons. The van der Waals surface area contributed by atoms with Crippen molar-refractivity contribution in [2.75, 3.05) is 13.1 Å². The van der Waals surface area contributed by atoms with Gasteiger partial charge in [0.25, 0.3) is 5.69 Å². The molecule has 2 aliphatic heterocycles. The number of non-ortho nitro benzene ring substituents is 1. The maximum Gasteiger partial charge on any atom is 0.270 e. The summed E-state index contributed by atoms with van der Waals surface area (Å²) in [6.45, 7) is 4.30. The molecule has 3 aliphatic rings. The third kappa shape index (κ3) is 3.31. The lowest BCUT2D eigenvalue weighted by atomic mass is 9.64. The first-order valence-corrected chi connectivity index (χ1v) is 11.9. The molecule has 0 spiro atoms. The molecule has 33 heavy (non-hydrogen) atoms. The van der Waals surface area contributed by atoms with Crippen molar-refractivity contribution < 1.29 is 10.0 Å². The van der Waals surface area contributed by atoms with Crippen molar-refractivity contribution in [1.29, 1.82) is 0 Å². The molecule has 1 saturated carbocycles. The Morgan fingerprint density at radius 3 is 2.82 bits per heavy atom. The first-order chi connectivity index (χ1) is 15.9. The van der Waals surface area contributed by atoms with Gasteiger partial charge in [-0.1, -0.05) is 36.4 Å². The van der Waals surface area contributed by atoms with Crippen LogP contribution >= 0.6 is 0 Å². The van der Waals surface area contributed by atoms with Gasteiger partial charge in [0.2, 0.25) is 0 Å². The summed E-state index contributed by atoms with van der Waals surface area (Å²) in [6, 6.07) is 15.4. The van der Waals surface area contributed by atoms with Gasteiger partial charge >= 0.3 is 0 Å². The topological polar surface area (TPSA) is 82.4 Å². The molecule has 1 aromatic heterocycles. The number of aromatic amines is 1. The summed E-state index contributed by atoms with van der Waals surface area (Å²) in [4.78, 5) is 17.2. The molecule has 2 fully saturated rings. The second-order valence-electron chi connectivity index (χ2n) is 10.2. The van der Waals surface area contributed by atoms with Crippen LogP contribution in [0.1, 0.15) is 43.0 Å². The smallest absolute Gasteiger partial charge is 0.270 e. The molecule has 2 N–H and O–H groups in total. The second-order valence-corrected chi connectivity index (χ2v) is 10.2. The normalized spacial score (nSPS) is 30.6. The molecule has 1 saturated heterocycles. The number of nitro benzene ring substituents is 1. The van der Waals surface area contributed by atoms with E-state index in [9.17, 15) is 15.2 Å². The van der Waals surface area contributed by atoms with Gasteiger partial charge in [-0.05, 0) is 67.2 Å². The van der Waals surface area contributed by atoms with E-state index in [1.54, 1.807) is 12.1 Å². The Balaban J connectivity index is 1.32.